The van der Waals surface area contributed by atoms with Gasteiger partial charge >= 0.3 is 0 Å². The number of hydrogen-bond acceptors (Lipinski definition) is 3. The minimum atomic E-state index is -0.540. The maximum atomic E-state index is 11.8. The molecule has 1 saturated heterocycles. The first-order valence-corrected chi connectivity index (χ1v) is 6.99. The van der Waals surface area contributed by atoms with E-state index in [0.717, 1.165) is 24.9 Å². The Balaban J connectivity index is 0.00000220. The zero-order valence-electron chi connectivity index (χ0n) is 12.2. The molecule has 21 heavy (non-hydrogen) atoms. The number of anilines is 1. The molecule has 1 aromatic rings. The number of benzene rings is 1. The number of carbonyl (C=O) groups excluding carboxylic acids is 2. The lowest BCUT2D eigenvalue weighted by Gasteiger charge is -2.26. The average Bonchev–Trinajstić information content (AvgIpc) is 2.42. The van der Waals surface area contributed by atoms with Crippen molar-refractivity contribution in [2.24, 2.45) is 5.73 Å². The fourth-order valence-corrected chi connectivity index (χ4v) is 2.25. The van der Waals surface area contributed by atoms with Crippen LogP contribution in [0.3, 0.4) is 0 Å². The van der Waals surface area contributed by atoms with E-state index in [0.29, 0.717) is 18.7 Å². The molecule has 1 aromatic carbocycles. The number of rotatable bonds is 4. The fraction of sp³-hybridized carbons (Fsp3) is 0.467. The minimum absolute atomic E-state index is 0. The van der Waals surface area contributed by atoms with Gasteiger partial charge in [0.1, 0.15) is 0 Å². The molecule has 0 aromatic heterocycles. The van der Waals surface area contributed by atoms with Crippen LogP contribution >= 0.6 is 12.4 Å². The monoisotopic (exact) mass is 311 g/mol. The van der Waals surface area contributed by atoms with E-state index in [2.05, 4.69) is 5.32 Å². The van der Waals surface area contributed by atoms with Crippen LogP contribution in [0.25, 0.3) is 0 Å². The van der Waals surface area contributed by atoms with Crippen molar-refractivity contribution < 1.29 is 9.59 Å². The van der Waals surface area contributed by atoms with Crippen LogP contribution in [0.1, 0.15) is 31.7 Å². The molecule has 1 atom stereocenters. The van der Waals surface area contributed by atoms with Gasteiger partial charge in [0.25, 0.3) is 0 Å². The number of nitrogens with zero attached hydrogens (tertiary/aromatic N) is 1. The summed E-state index contributed by atoms with van der Waals surface area (Å²) in [6, 6.07) is 7.01. The van der Waals surface area contributed by atoms with Crippen LogP contribution in [0, 0.1) is 0 Å². The second kappa shape index (κ2) is 8.00. The Morgan fingerprint density at radius 3 is 2.86 bits per heavy atom. The highest BCUT2D eigenvalue weighted by Crippen LogP contribution is 2.17. The highest BCUT2D eigenvalue weighted by atomic mass is 35.5. The Morgan fingerprint density at radius 1 is 1.43 bits per heavy atom. The van der Waals surface area contributed by atoms with Gasteiger partial charge in [-0.15, -0.1) is 12.4 Å². The van der Waals surface area contributed by atoms with Gasteiger partial charge in [0.2, 0.25) is 11.8 Å². The molecule has 1 fully saturated rings. The number of likely N-dealkylation sites (tertiary alicyclic amines) is 1. The lowest BCUT2D eigenvalue weighted by atomic mass is 10.1. The summed E-state index contributed by atoms with van der Waals surface area (Å²) in [5, 5.41) is 2.76. The molecule has 1 aliphatic rings. The van der Waals surface area contributed by atoms with Crippen LogP contribution in [0.2, 0.25) is 0 Å². The van der Waals surface area contributed by atoms with Gasteiger partial charge in [-0.3, -0.25) is 9.59 Å². The molecule has 2 rings (SSSR count). The van der Waals surface area contributed by atoms with Crippen LogP contribution < -0.4 is 11.1 Å². The van der Waals surface area contributed by atoms with Crippen molar-refractivity contribution in [3.63, 3.8) is 0 Å². The molecule has 0 saturated carbocycles. The standard InChI is InChI=1S/C15H21N3O2.ClH/c1-11(16)15(20)17-13-6-4-5-12(9-13)10-18-8-3-2-7-14(18)19;/h4-6,9,11H,2-3,7-8,10,16H2,1H3,(H,17,20);1H/t11-;/m0./s1. The van der Waals surface area contributed by atoms with E-state index in [4.69, 9.17) is 5.73 Å². The molecule has 0 unspecified atom stereocenters. The Bertz CT molecular complexity index is 505. The zero-order valence-corrected chi connectivity index (χ0v) is 13.0. The van der Waals surface area contributed by atoms with Crippen LogP contribution in [-0.2, 0) is 16.1 Å². The largest absolute Gasteiger partial charge is 0.338 e. The molecule has 5 nitrogen and oxygen atoms in total. The van der Waals surface area contributed by atoms with Gasteiger partial charge in [-0.2, -0.15) is 0 Å². The summed E-state index contributed by atoms with van der Waals surface area (Å²) in [6.07, 6.45) is 2.69. The summed E-state index contributed by atoms with van der Waals surface area (Å²) in [5.41, 5.74) is 7.26. The van der Waals surface area contributed by atoms with Crippen molar-refractivity contribution in [1.82, 2.24) is 4.90 Å². The van der Waals surface area contributed by atoms with E-state index in [1.807, 2.05) is 29.2 Å². The molecule has 2 amide bonds. The van der Waals surface area contributed by atoms with Crippen LogP contribution in [0.4, 0.5) is 5.69 Å². The van der Waals surface area contributed by atoms with Crippen LogP contribution in [0.15, 0.2) is 24.3 Å². The first kappa shape index (κ1) is 17.5. The smallest absolute Gasteiger partial charge is 0.240 e. The molecule has 116 valence electrons. The van der Waals surface area contributed by atoms with E-state index in [1.165, 1.54) is 0 Å². The molecule has 0 aliphatic carbocycles. The molecule has 0 spiro atoms. The summed E-state index contributed by atoms with van der Waals surface area (Å²) in [5.74, 6) is -0.00234. The van der Waals surface area contributed by atoms with Crippen molar-refractivity contribution in [1.29, 1.82) is 0 Å². The Hall–Kier alpha value is -1.59. The minimum Gasteiger partial charge on any atom is -0.338 e. The number of nitrogens with two attached hydrogens (primary N) is 1. The third-order valence-electron chi connectivity index (χ3n) is 3.40. The van der Waals surface area contributed by atoms with Crippen molar-refractivity contribution in [3.05, 3.63) is 29.8 Å². The van der Waals surface area contributed by atoms with E-state index in [9.17, 15) is 9.59 Å². The van der Waals surface area contributed by atoms with Gasteiger partial charge < -0.3 is 16.0 Å². The highest BCUT2D eigenvalue weighted by molar-refractivity contribution is 5.94. The van der Waals surface area contributed by atoms with E-state index in [-0.39, 0.29) is 24.2 Å². The molecule has 6 heteroatoms. The van der Waals surface area contributed by atoms with Gasteiger partial charge in [0.15, 0.2) is 0 Å². The average molecular weight is 312 g/mol. The molecular weight excluding hydrogens is 290 g/mol. The zero-order chi connectivity index (χ0) is 14.5. The second-order valence-electron chi connectivity index (χ2n) is 5.25. The van der Waals surface area contributed by atoms with Crippen LogP contribution in [-0.4, -0.2) is 29.3 Å². The molecule has 1 heterocycles. The quantitative estimate of drug-likeness (QED) is 0.892. The lowest BCUT2D eigenvalue weighted by molar-refractivity contribution is -0.133. The number of amides is 2. The molecular formula is C15H22ClN3O2. The first-order valence-electron chi connectivity index (χ1n) is 6.99. The molecule has 1 aliphatic heterocycles. The van der Waals surface area contributed by atoms with Gasteiger partial charge in [-0.05, 0) is 37.5 Å². The summed E-state index contributed by atoms with van der Waals surface area (Å²) in [7, 11) is 0. The maximum absolute atomic E-state index is 11.8. The lowest BCUT2D eigenvalue weighted by Crippen LogP contribution is -2.34. The van der Waals surface area contributed by atoms with Crippen molar-refractivity contribution in [2.75, 3.05) is 11.9 Å². The van der Waals surface area contributed by atoms with E-state index in [1.54, 1.807) is 6.92 Å². The summed E-state index contributed by atoms with van der Waals surface area (Å²) >= 11 is 0. The fourth-order valence-electron chi connectivity index (χ4n) is 2.25. The summed E-state index contributed by atoms with van der Waals surface area (Å²) < 4.78 is 0. The number of piperidine rings is 1. The molecule has 0 radical (unpaired) electrons. The second-order valence-corrected chi connectivity index (χ2v) is 5.25. The molecule has 0 bridgehead atoms. The normalized spacial score (nSPS) is 16.1. The van der Waals surface area contributed by atoms with E-state index >= 15 is 0 Å². The van der Waals surface area contributed by atoms with Crippen molar-refractivity contribution in [2.45, 2.75) is 38.8 Å². The van der Waals surface area contributed by atoms with Crippen LogP contribution in [0.5, 0.6) is 0 Å². The van der Waals surface area contributed by atoms with Gasteiger partial charge in [0.05, 0.1) is 6.04 Å². The third kappa shape index (κ3) is 5.02. The van der Waals surface area contributed by atoms with Gasteiger partial charge in [-0.25, -0.2) is 0 Å². The van der Waals surface area contributed by atoms with Crippen molar-refractivity contribution >= 4 is 29.9 Å². The van der Waals surface area contributed by atoms with Gasteiger partial charge in [0, 0.05) is 25.2 Å². The Labute approximate surface area is 131 Å². The number of carbonyl (C=O) groups is 2. The summed E-state index contributed by atoms with van der Waals surface area (Å²) in [6.45, 7) is 3.06. The number of nitrogens with one attached hydrogen (secondary N) is 1. The SMILES string of the molecule is C[C@H](N)C(=O)Nc1cccc(CN2CCCCC2=O)c1.Cl. The predicted octanol–water partition coefficient (Wildman–Crippen LogP) is 1.91. The molecule has 3 N–H and O–H groups in total. The number of halogens is 1. The Morgan fingerprint density at radius 2 is 2.19 bits per heavy atom. The predicted molar refractivity (Wildman–Crippen MR) is 85.2 cm³/mol. The third-order valence-corrected chi connectivity index (χ3v) is 3.40. The topological polar surface area (TPSA) is 75.4 Å². The highest BCUT2D eigenvalue weighted by Gasteiger charge is 2.18. The number of hydrogen-bond donors (Lipinski definition) is 2. The summed E-state index contributed by atoms with van der Waals surface area (Å²) in [4.78, 5) is 25.2. The van der Waals surface area contributed by atoms with Gasteiger partial charge in [-0.1, -0.05) is 12.1 Å². The van der Waals surface area contributed by atoms with Crippen molar-refractivity contribution in [3.8, 4) is 0 Å². The first-order chi connectivity index (χ1) is 9.56. The maximum Gasteiger partial charge on any atom is 0.240 e. The Kier molecular flexibility index (Phi) is 6.65. The van der Waals surface area contributed by atoms with E-state index < -0.39 is 6.04 Å².